The lowest BCUT2D eigenvalue weighted by molar-refractivity contribution is -0.119. The van der Waals surface area contributed by atoms with Gasteiger partial charge in [0.15, 0.2) is 6.61 Å². The Morgan fingerprint density at radius 2 is 1.90 bits per heavy atom. The van der Waals surface area contributed by atoms with E-state index in [1.807, 2.05) is 13.8 Å². The summed E-state index contributed by atoms with van der Waals surface area (Å²) in [6.45, 7) is 7.27. The van der Waals surface area contributed by atoms with Gasteiger partial charge in [-0.2, -0.15) is 5.10 Å². The van der Waals surface area contributed by atoms with Crippen LogP contribution in [0, 0.1) is 19.8 Å². The summed E-state index contributed by atoms with van der Waals surface area (Å²) in [4.78, 5) is 24.7. The number of aromatic nitrogens is 2. The second-order valence-electron chi connectivity index (χ2n) is 7.72. The predicted molar refractivity (Wildman–Crippen MR) is 118 cm³/mol. The van der Waals surface area contributed by atoms with Crippen LogP contribution in [0.25, 0.3) is 0 Å². The maximum absolute atomic E-state index is 12.4. The van der Waals surface area contributed by atoms with Crippen molar-refractivity contribution < 1.29 is 22.7 Å². The molecular weight excluding hydrogens is 444 g/mol. The van der Waals surface area contributed by atoms with E-state index in [-0.39, 0.29) is 27.2 Å². The van der Waals surface area contributed by atoms with E-state index < -0.39 is 28.5 Å². The lowest BCUT2D eigenvalue weighted by Crippen LogP contribution is -2.24. The minimum Gasteiger partial charge on any atom is -0.452 e. The number of anilines is 1. The molecule has 0 unspecified atom stereocenters. The second-order valence-corrected chi connectivity index (χ2v) is 10.2. The minimum atomic E-state index is -3.67. The normalized spacial score (nSPS) is 11.8. The standard InChI is InChI=1S/C20H27ClN4O5S/c1-12(2)10-25-19(21)18(14(4)23-25)20(27)30-11-17(26)22-15-8-7-13(3)16(9-15)31(28,29)24(5)6/h7-9,12H,10-11H2,1-6H3,(H,22,26). The number of carbonyl (C=O) groups is 2. The van der Waals surface area contributed by atoms with Crippen molar-refractivity contribution in [2.75, 3.05) is 26.0 Å². The monoisotopic (exact) mass is 470 g/mol. The Hall–Kier alpha value is -2.43. The van der Waals surface area contributed by atoms with Crippen molar-refractivity contribution in [3.63, 3.8) is 0 Å². The third-order valence-electron chi connectivity index (χ3n) is 4.37. The van der Waals surface area contributed by atoms with Gasteiger partial charge >= 0.3 is 5.97 Å². The lowest BCUT2D eigenvalue weighted by atomic mass is 10.2. The van der Waals surface area contributed by atoms with Crippen LogP contribution in [-0.2, 0) is 26.1 Å². The van der Waals surface area contributed by atoms with Gasteiger partial charge in [-0.25, -0.2) is 17.5 Å². The topological polar surface area (TPSA) is 111 Å². The number of benzene rings is 1. The van der Waals surface area contributed by atoms with Crippen molar-refractivity contribution in [2.45, 2.75) is 39.1 Å². The van der Waals surface area contributed by atoms with E-state index >= 15 is 0 Å². The molecule has 0 saturated heterocycles. The number of nitrogens with one attached hydrogen (secondary N) is 1. The van der Waals surface area contributed by atoms with Crippen molar-refractivity contribution in [1.82, 2.24) is 14.1 Å². The van der Waals surface area contributed by atoms with Crippen LogP contribution in [0.3, 0.4) is 0 Å². The van der Waals surface area contributed by atoms with Gasteiger partial charge in [-0.15, -0.1) is 0 Å². The lowest BCUT2D eigenvalue weighted by Gasteiger charge is -2.15. The quantitative estimate of drug-likeness (QED) is 0.594. The molecule has 1 aromatic carbocycles. The Bertz CT molecular complexity index is 1090. The van der Waals surface area contributed by atoms with E-state index in [2.05, 4.69) is 10.4 Å². The Morgan fingerprint density at radius 1 is 1.26 bits per heavy atom. The minimum absolute atomic E-state index is 0.0762. The van der Waals surface area contributed by atoms with Crippen LogP contribution in [0.2, 0.25) is 5.15 Å². The number of rotatable bonds is 8. The number of carbonyl (C=O) groups excluding carboxylic acids is 2. The number of amides is 1. The first-order valence-corrected chi connectivity index (χ1v) is 11.4. The van der Waals surface area contributed by atoms with Crippen molar-refractivity contribution in [3.05, 3.63) is 40.2 Å². The highest BCUT2D eigenvalue weighted by Crippen LogP contribution is 2.23. The van der Waals surface area contributed by atoms with Gasteiger partial charge in [0.1, 0.15) is 10.7 Å². The molecule has 170 valence electrons. The molecule has 1 aromatic heterocycles. The summed E-state index contributed by atoms with van der Waals surface area (Å²) >= 11 is 6.25. The molecule has 0 bridgehead atoms. The number of hydrogen-bond donors (Lipinski definition) is 1. The first kappa shape index (κ1) is 24.8. The van der Waals surface area contributed by atoms with E-state index in [9.17, 15) is 18.0 Å². The Kier molecular flexibility index (Phi) is 7.85. The number of sulfonamides is 1. The molecule has 1 heterocycles. The summed E-state index contributed by atoms with van der Waals surface area (Å²) in [5.41, 5.74) is 1.34. The van der Waals surface area contributed by atoms with Gasteiger partial charge in [-0.1, -0.05) is 31.5 Å². The maximum atomic E-state index is 12.4. The fraction of sp³-hybridized carbons (Fsp3) is 0.450. The van der Waals surface area contributed by atoms with Crippen LogP contribution in [-0.4, -0.2) is 55.1 Å². The molecule has 2 rings (SSSR count). The summed E-state index contributed by atoms with van der Waals surface area (Å²) in [7, 11) is -0.818. The number of esters is 1. The zero-order valence-electron chi connectivity index (χ0n) is 18.4. The smallest absolute Gasteiger partial charge is 0.343 e. The van der Waals surface area contributed by atoms with E-state index in [0.717, 1.165) is 4.31 Å². The van der Waals surface area contributed by atoms with Gasteiger partial charge in [0.05, 0.1) is 10.6 Å². The van der Waals surface area contributed by atoms with Crippen LogP contribution in [0.5, 0.6) is 0 Å². The summed E-state index contributed by atoms with van der Waals surface area (Å²) < 4.78 is 32.5. The molecular formula is C20H27ClN4O5S. The Balaban J connectivity index is 2.08. The SMILES string of the molecule is Cc1ccc(NC(=O)COC(=O)c2c(C)nn(CC(C)C)c2Cl)cc1S(=O)(=O)N(C)C. The van der Waals surface area contributed by atoms with Crippen molar-refractivity contribution in [2.24, 2.45) is 5.92 Å². The van der Waals surface area contributed by atoms with E-state index in [1.54, 1.807) is 26.0 Å². The van der Waals surface area contributed by atoms with Crippen LogP contribution >= 0.6 is 11.6 Å². The third kappa shape index (κ3) is 5.84. The van der Waals surface area contributed by atoms with Gasteiger partial charge in [-0.3, -0.25) is 9.48 Å². The predicted octanol–water partition coefficient (Wildman–Crippen LogP) is 2.86. The fourth-order valence-corrected chi connectivity index (χ4v) is 4.27. The van der Waals surface area contributed by atoms with Crippen LogP contribution in [0.15, 0.2) is 23.1 Å². The molecule has 0 spiro atoms. The second kappa shape index (κ2) is 9.80. The zero-order chi connectivity index (χ0) is 23.5. The molecule has 0 aliphatic rings. The van der Waals surface area contributed by atoms with E-state index in [4.69, 9.17) is 16.3 Å². The summed E-state index contributed by atoms with van der Waals surface area (Å²) in [6.07, 6.45) is 0. The molecule has 0 radical (unpaired) electrons. The number of ether oxygens (including phenoxy) is 1. The maximum Gasteiger partial charge on any atom is 0.343 e. The van der Waals surface area contributed by atoms with Crippen LogP contribution in [0.1, 0.15) is 35.5 Å². The third-order valence-corrected chi connectivity index (χ3v) is 6.71. The van der Waals surface area contributed by atoms with Gasteiger partial charge in [0, 0.05) is 26.3 Å². The molecule has 11 heteroatoms. The summed E-state index contributed by atoms with van der Waals surface area (Å²) in [5, 5.41) is 6.94. The van der Waals surface area contributed by atoms with Crippen LogP contribution < -0.4 is 5.32 Å². The van der Waals surface area contributed by atoms with Crippen molar-refractivity contribution >= 4 is 39.2 Å². The average Bonchev–Trinajstić information content (AvgIpc) is 2.93. The van der Waals surface area contributed by atoms with Gasteiger partial charge < -0.3 is 10.1 Å². The molecule has 0 atom stereocenters. The Morgan fingerprint density at radius 3 is 2.48 bits per heavy atom. The molecule has 9 nitrogen and oxygen atoms in total. The van der Waals surface area contributed by atoms with E-state index in [0.29, 0.717) is 17.8 Å². The van der Waals surface area contributed by atoms with Gasteiger partial charge in [-0.05, 0) is 37.5 Å². The average molecular weight is 471 g/mol. The molecule has 0 fully saturated rings. The molecule has 2 aromatic rings. The highest BCUT2D eigenvalue weighted by atomic mass is 35.5. The molecule has 1 N–H and O–H groups in total. The number of nitrogens with zero attached hydrogens (tertiary/aromatic N) is 3. The fourth-order valence-electron chi connectivity index (χ4n) is 2.80. The molecule has 0 saturated carbocycles. The molecule has 0 aliphatic carbocycles. The molecule has 0 aliphatic heterocycles. The van der Waals surface area contributed by atoms with E-state index in [1.165, 1.54) is 24.8 Å². The van der Waals surface area contributed by atoms with Crippen molar-refractivity contribution in [1.29, 1.82) is 0 Å². The molecule has 31 heavy (non-hydrogen) atoms. The van der Waals surface area contributed by atoms with Gasteiger partial charge in [0.25, 0.3) is 5.91 Å². The highest BCUT2D eigenvalue weighted by molar-refractivity contribution is 7.89. The summed E-state index contributed by atoms with van der Waals surface area (Å²) in [5.74, 6) is -1.09. The first-order chi connectivity index (χ1) is 14.3. The number of halogens is 1. The highest BCUT2D eigenvalue weighted by Gasteiger charge is 2.23. The van der Waals surface area contributed by atoms with Crippen LogP contribution in [0.4, 0.5) is 5.69 Å². The Labute approximate surface area is 187 Å². The largest absolute Gasteiger partial charge is 0.452 e. The zero-order valence-corrected chi connectivity index (χ0v) is 20.0. The summed E-state index contributed by atoms with van der Waals surface area (Å²) in [6, 6.07) is 4.52. The van der Waals surface area contributed by atoms with Gasteiger partial charge in [0.2, 0.25) is 10.0 Å². The first-order valence-electron chi connectivity index (χ1n) is 9.57. The van der Waals surface area contributed by atoms with Crippen molar-refractivity contribution in [3.8, 4) is 0 Å². The molecule has 1 amide bonds. The number of hydrogen-bond acceptors (Lipinski definition) is 6. The number of aryl methyl sites for hydroxylation is 2.